The highest BCUT2D eigenvalue weighted by atomic mass is 35.5. The first-order chi connectivity index (χ1) is 19.0. The zero-order chi connectivity index (χ0) is 29.4. The summed E-state index contributed by atoms with van der Waals surface area (Å²) in [6.07, 6.45) is 4.68. The molecule has 1 aromatic carbocycles. The van der Waals surface area contributed by atoms with Crippen molar-refractivity contribution >= 4 is 35.1 Å². The van der Waals surface area contributed by atoms with Crippen LogP contribution in [0.15, 0.2) is 49.6 Å². The zero-order valence-electron chi connectivity index (χ0n) is 23.8. The van der Waals surface area contributed by atoms with Gasteiger partial charge in [0.05, 0.1) is 30.8 Å². The van der Waals surface area contributed by atoms with Gasteiger partial charge in [-0.25, -0.2) is 0 Å². The quantitative estimate of drug-likeness (QED) is 0.227. The molecule has 218 valence electrons. The summed E-state index contributed by atoms with van der Waals surface area (Å²) in [6, 6.07) is 5.21. The fourth-order valence-electron chi connectivity index (χ4n) is 7.08. The van der Waals surface area contributed by atoms with Crippen LogP contribution in [0.2, 0.25) is 5.02 Å². The summed E-state index contributed by atoms with van der Waals surface area (Å²) in [4.78, 5) is 45.7. The number of hydrogen-bond donors (Lipinski definition) is 1. The molecule has 3 aliphatic heterocycles. The predicted octanol–water partition coefficient (Wildman–Crippen LogP) is 4.40. The smallest absolute Gasteiger partial charge is 0.312 e. The predicted molar refractivity (Wildman–Crippen MR) is 154 cm³/mol. The topological polar surface area (TPSA) is 96.4 Å². The van der Waals surface area contributed by atoms with Crippen molar-refractivity contribution in [2.24, 2.45) is 23.7 Å². The molecule has 0 aliphatic carbocycles. The van der Waals surface area contributed by atoms with Crippen LogP contribution in [0, 0.1) is 23.7 Å². The molecule has 0 aromatic heterocycles. The maximum Gasteiger partial charge on any atom is 0.312 e. The summed E-state index contributed by atoms with van der Waals surface area (Å²) in [5.41, 5.74) is -1.63. The van der Waals surface area contributed by atoms with E-state index in [0.29, 0.717) is 30.0 Å². The second-order valence-electron chi connectivity index (χ2n) is 11.9. The number of anilines is 1. The van der Waals surface area contributed by atoms with Gasteiger partial charge in [-0.15, -0.1) is 13.2 Å². The van der Waals surface area contributed by atoms with Crippen molar-refractivity contribution in [2.75, 3.05) is 24.7 Å². The van der Waals surface area contributed by atoms with Crippen LogP contribution in [-0.4, -0.2) is 70.8 Å². The Morgan fingerprint density at radius 1 is 1.27 bits per heavy atom. The van der Waals surface area contributed by atoms with Gasteiger partial charge in [-0.2, -0.15) is 0 Å². The van der Waals surface area contributed by atoms with E-state index in [1.54, 1.807) is 41.3 Å². The average Bonchev–Trinajstić information content (AvgIpc) is 3.42. The molecule has 1 spiro atoms. The van der Waals surface area contributed by atoms with E-state index in [9.17, 15) is 19.5 Å². The standard InChI is InChI=1S/C31H41ClN2O6/c1-7-9-15-39-29(38)25-24-27(36)34(23(18-35)16-19(3)4)26(31(24)17-20(5)30(25,6)40-31)28(37)33(14-8-2)22-12-10-21(32)11-13-22/h7-8,10-13,19-20,23-26,35H,1-2,9,14-18H2,3-6H3/t20?,23-,24+,25-,26?,30+,31?/m1/s1. The van der Waals surface area contributed by atoms with Gasteiger partial charge in [-0.3, -0.25) is 14.4 Å². The van der Waals surface area contributed by atoms with Crippen molar-refractivity contribution in [3.05, 3.63) is 54.6 Å². The molecule has 3 unspecified atom stereocenters. The third kappa shape index (κ3) is 4.88. The van der Waals surface area contributed by atoms with Gasteiger partial charge in [0.15, 0.2) is 0 Å². The van der Waals surface area contributed by atoms with E-state index in [0.717, 1.165) is 0 Å². The monoisotopic (exact) mass is 572 g/mol. The van der Waals surface area contributed by atoms with Gasteiger partial charge in [0, 0.05) is 17.3 Å². The van der Waals surface area contributed by atoms with Crippen molar-refractivity contribution in [3.8, 4) is 0 Å². The number of nitrogens with zero attached hydrogens (tertiary/aromatic N) is 2. The number of likely N-dealkylation sites (tertiary alicyclic amines) is 1. The van der Waals surface area contributed by atoms with Crippen LogP contribution in [0.25, 0.3) is 0 Å². The second-order valence-corrected chi connectivity index (χ2v) is 12.3. The summed E-state index contributed by atoms with van der Waals surface area (Å²) in [7, 11) is 0. The van der Waals surface area contributed by atoms with Gasteiger partial charge in [0.1, 0.15) is 17.6 Å². The molecule has 3 aliphatic rings. The first-order valence-electron chi connectivity index (χ1n) is 14.0. The van der Waals surface area contributed by atoms with Gasteiger partial charge in [-0.05, 0) is 62.3 Å². The number of hydrogen-bond acceptors (Lipinski definition) is 6. The highest BCUT2D eigenvalue weighted by Crippen LogP contribution is 2.65. The van der Waals surface area contributed by atoms with Crippen LogP contribution in [0.1, 0.15) is 47.0 Å². The van der Waals surface area contributed by atoms with Gasteiger partial charge < -0.3 is 24.4 Å². The Hall–Kier alpha value is -2.68. The molecule has 7 atom stereocenters. The second kappa shape index (κ2) is 11.7. The van der Waals surface area contributed by atoms with Crippen molar-refractivity contribution in [1.29, 1.82) is 0 Å². The van der Waals surface area contributed by atoms with Crippen LogP contribution in [0.5, 0.6) is 0 Å². The minimum absolute atomic E-state index is 0.121. The maximum atomic E-state index is 14.7. The Morgan fingerprint density at radius 2 is 1.95 bits per heavy atom. The van der Waals surface area contributed by atoms with Crippen LogP contribution < -0.4 is 4.90 Å². The number of fused-ring (bicyclic) bond motifs is 1. The third-order valence-corrected chi connectivity index (χ3v) is 9.12. The number of halogens is 1. The Labute approximate surface area is 241 Å². The van der Waals surface area contributed by atoms with Crippen LogP contribution in [0.4, 0.5) is 5.69 Å². The van der Waals surface area contributed by atoms with E-state index in [1.807, 2.05) is 27.7 Å². The first kappa shape index (κ1) is 30.3. The number of ether oxygens (including phenoxy) is 2. The SMILES string of the molecule is C=CCCOC(=O)[C@H]1[C@H]2C(=O)N([C@@H](CO)CC(C)C)C(C(=O)N(CC=C)c3ccc(Cl)cc3)C23CC(C)[C@]1(C)O3. The normalized spacial score (nSPS) is 31.3. The summed E-state index contributed by atoms with van der Waals surface area (Å²) >= 11 is 6.12. The number of aliphatic hydroxyl groups is 1. The molecule has 9 heteroatoms. The summed E-state index contributed by atoms with van der Waals surface area (Å²) in [6.45, 7) is 15.4. The fraction of sp³-hybridized carbons (Fsp3) is 0.581. The molecule has 3 fully saturated rings. The largest absolute Gasteiger partial charge is 0.465 e. The van der Waals surface area contributed by atoms with Crippen molar-refractivity contribution in [3.63, 3.8) is 0 Å². The number of rotatable bonds is 12. The molecular weight excluding hydrogens is 532 g/mol. The molecule has 40 heavy (non-hydrogen) atoms. The van der Waals surface area contributed by atoms with Gasteiger partial charge in [0.25, 0.3) is 5.91 Å². The number of amides is 2. The van der Waals surface area contributed by atoms with Crippen LogP contribution >= 0.6 is 11.6 Å². The van der Waals surface area contributed by atoms with Crippen molar-refractivity contribution < 1.29 is 29.0 Å². The number of benzene rings is 1. The molecule has 3 heterocycles. The maximum absolute atomic E-state index is 14.7. The molecule has 1 aromatic rings. The minimum atomic E-state index is -1.25. The lowest BCUT2D eigenvalue weighted by Crippen LogP contribution is -2.59. The lowest BCUT2D eigenvalue weighted by atomic mass is 9.62. The third-order valence-electron chi connectivity index (χ3n) is 8.87. The van der Waals surface area contributed by atoms with Crippen molar-refractivity contribution in [2.45, 2.75) is 70.2 Å². The van der Waals surface area contributed by atoms with Crippen LogP contribution in [-0.2, 0) is 23.9 Å². The Kier molecular flexibility index (Phi) is 8.83. The number of carbonyl (C=O) groups excluding carboxylic acids is 3. The van der Waals surface area contributed by atoms with Gasteiger partial charge in [-0.1, -0.05) is 44.5 Å². The van der Waals surface area contributed by atoms with E-state index in [-0.39, 0.29) is 43.4 Å². The lowest BCUT2D eigenvalue weighted by Gasteiger charge is -2.40. The number of aliphatic hydroxyl groups excluding tert-OH is 1. The minimum Gasteiger partial charge on any atom is -0.465 e. The molecule has 2 amide bonds. The molecule has 3 saturated heterocycles. The lowest BCUT2D eigenvalue weighted by molar-refractivity contribution is -0.162. The molecular formula is C31H41ClN2O6. The summed E-state index contributed by atoms with van der Waals surface area (Å²) in [5, 5.41) is 11.0. The number of carbonyl (C=O) groups is 3. The zero-order valence-corrected chi connectivity index (χ0v) is 24.6. The van der Waals surface area contributed by atoms with Gasteiger partial charge >= 0.3 is 5.97 Å². The highest BCUT2D eigenvalue weighted by molar-refractivity contribution is 6.30. The highest BCUT2D eigenvalue weighted by Gasteiger charge is 2.80. The molecule has 1 N–H and O–H groups in total. The van der Waals surface area contributed by atoms with E-state index >= 15 is 0 Å². The molecule has 4 rings (SSSR count). The van der Waals surface area contributed by atoms with Gasteiger partial charge in [0.2, 0.25) is 5.91 Å². The first-order valence-corrected chi connectivity index (χ1v) is 14.4. The van der Waals surface area contributed by atoms with E-state index < -0.39 is 41.1 Å². The van der Waals surface area contributed by atoms with E-state index in [2.05, 4.69) is 13.2 Å². The molecule has 2 bridgehead atoms. The average molecular weight is 573 g/mol. The van der Waals surface area contributed by atoms with Crippen molar-refractivity contribution in [1.82, 2.24) is 4.90 Å². The van der Waals surface area contributed by atoms with E-state index in [1.165, 1.54) is 4.90 Å². The summed E-state index contributed by atoms with van der Waals surface area (Å²) in [5.74, 6) is -2.97. The Bertz CT molecular complexity index is 1150. The Balaban J connectivity index is 1.85. The molecule has 8 nitrogen and oxygen atoms in total. The molecule has 0 radical (unpaired) electrons. The number of esters is 1. The molecule has 0 saturated carbocycles. The Morgan fingerprint density at radius 3 is 2.52 bits per heavy atom. The fourth-order valence-corrected chi connectivity index (χ4v) is 7.21. The van der Waals surface area contributed by atoms with Crippen LogP contribution in [0.3, 0.4) is 0 Å². The summed E-state index contributed by atoms with van der Waals surface area (Å²) < 4.78 is 12.4. The van der Waals surface area contributed by atoms with E-state index in [4.69, 9.17) is 21.1 Å².